The van der Waals surface area contributed by atoms with Crippen molar-refractivity contribution < 1.29 is 28.2 Å². The predicted octanol–water partition coefficient (Wildman–Crippen LogP) is 1.77. The zero-order chi connectivity index (χ0) is 27.1. The Hall–Kier alpha value is -4.23. The van der Waals surface area contributed by atoms with Crippen LogP contribution in [0.15, 0.2) is 71.9 Å². The molecule has 1 amide bonds. The molecule has 0 bridgehead atoms. The van der Waals surface area contributed by atoms with Gasteiger partial charge in [0.2, 0.25) is 16.0 Å². The molecule has 38 heavy (non-hydrogen) atoms. The van der Waals surface area contributed by atoms with Crippen LogP contribution in [0.2, 0.25) is 0 Å². The van der Waals surface area contributed by atoms with Crippen LogP contribution in [-0.2, 0) is 14.8 Å². The highest BCUT2D eigenvalue weighted by molar-refractivity contribution is 7.89. The van der Waals surface area contributed by atoms with E-state index in [1.54, 1.807) is 36.7 Å². The van der Waals surface area contributed by atoms with Crippen molar-refractivity contribution in [3.05, 3.63) is 72.6 Å². The molecule has 4 rings (SSSR count). The maximum Gasteiger partial charge on any atom is 0.306 e. The third-order valence-electron chi connectivity index (χ3n) is 6.00. The van der Waals surface area contributed by atoms with E-state index < -0.39 is 34.5 Å². The van der Waals surface area contributed by atoms with E-state index in [0.29, 0.717) is 5.95 Å². The minimum absolute atomic E-state index is 0.120. The molecule has 1 saturated heterocycles. The molecule has 1 unspecified atom stereocenters. The first kappa shape index (κ1) is 26.8. The number of benzene rings is 2. The van der Waals surface area contributed by atoms with Crippen LogP contribution in [0.3, 0.4) is 0 Å². The van der Waals surface area contributed by atoms with E-state index in [1.807, 2.05) is 6.07 Å². The van der Waals surface area contributed by atoms with Crippen molar-refractivity contribution in [3.8, 4) is 5.75 Å². The topological polar surface area (TPSA) is 174 Å². The number of aromatic nitrogens is 2. The molecule has 2 aromatic carbocycles. The van der Waals surface area contributed by atoms with Gasteiger partial charge in [-0.05, 0) is 61.4 Å². The number of carbonyl (C=O) groups is 2. The summed E-state index contributed by atoms with van der Waals surface area (Å²) in [6.45, 7) is 1.48. The van der Waals surface area contributed by atoms with E-state index in [1.165, 1.54) is 24.3 Å². The Kier molecular flexibility index (Phi) is 8.38. The zero-order valence-corrected chi connectivity index (χ0v) is 21.1. The van der Waals surface area contributed by atoms with E-state index in [9.17, 15) is 28.2 Å². The number of carboxylic acid groups (broad SMARTS) is 1. The Morgan fingerprint density at radius 2 is 1.71 bits per heavy atom. The maximum atomic E-state index is 13.0. The average molecular weight is 541 g/mol. The average Bonchev–Trinajstić information content (AvgIpc) is 2.89. The summed E-state index contributed by atoms with van der Waals surface area (Å²) in [5.74, 6) is -1.45. The summed E-state index contributed by atoms with van der Waals surface area (Å²) in [6.07, 6.45) is 2.97. The number of nitrogens with one attached hydrogen (secondary N) is 3. The van der Waals surface area contributed by atoms with Gasteiger partial charge in [-0.2, -0.15) is 4.72 Å². The van der Waals surface area contributed by atoms with Gasteiger partial charge in [0.15, 0.2) is 0 Å². The molecular weight excluding hydrogens is 512 g/mol. The van der Waals surface area contributed by atoms with E-state index in [0.717, 1.165) is 31.6 Å². The van der Waals surface area contributed by atoms with Crippen LogP contribution in [0.4, 0.5) is 11.6 Å². The lowest BCUT2D eigenvalue weighted by Crippen LogP contribution is -2.49. The molecule has 2 heterocycles. The van der Waals surface area contributed by atoms with Crippen LogP contribution in [0, 0.1) is 0 Å². The van der Waals surface area contributed by atoms with Gasteiger partial charge in [-0.15, -0.1) is 0 Å². The van der Waals surface area contributed by atoms with Crippen molar-refractivity contribution in [2.45, 2.75) is 36.4 Å². The number of carbonyl (C=O) groups excluding carboxylic acids is 1. The summed E-state index contributed by atoms with van der Waals surface area (Å²) in [5, 5.41) is 24.4. The fourth-order valence-corrected chi connectivity index (χ4v) is 5.25. The van der Waals surface area contributed by atoms with E-state index >= 15 is 0 Å². The highest BCUT2D eigenvalue weighted by Gasteiger charge is 2.25. The third kappa shape index (κ3) is 7.17. The van der Waals surface area contributed by atoms with Crippen molar-refractivity contribution in [2.24, 2.45) is 0 Å². The molecule has 0 aliphatic carbocycles. The van der Waals surface area contributed by atoms with Crippen molar-refractivity contribution in [3.63, 3.8) is 0 Å². The van der Waals surface area contributed by atoms with Crippen LogP contribution in [-0.4, -0.2) is 65.8 Å². The molecule has 0 radical (unpaired) electrons. The van der Waals surface area contributed by atoms with Gasteiger partial charge in [0.1, 0.15) is 11.9 Å². The first-order chi connectivity index (χ1) is 18.2. The first-order valence-corrected chi connectivity index (χ1v) is 13.4. The van der Waals surface area contributed by atoms with Crippen LogP contribution >= 0.6 is 0 Å². The van der Waals surface area contributed by atoms with Gasteiger partial charge in [-0.3, -0.25) is 9.59 Å². The summed E-state index contributed by atoms with van der Waals surface area (Å²) in [7, 11) is -4.17. The molecule has 3 aromatic rings. The van der Waals surface area contributed by atoms with E-state index in [4.69, 9.17) is 0 Å². The molecule has 12 nitrogen and oxygen atoms in total. The van der Waals surface area contributed by atoms with E-state index in [2.05, 4.69) is 30.2 Å². The zero-order valence-electron chi connectivity index (χ0n) is 20.3. The van der Waals surface area contributed by atoms with Crippen LogP contribution in [0.5, 0.6) is 5.75 Å². The lowest BCUT2D eigenvalue weighted by atomic mass is 10.0. The summed E-state index contributed by atoms with van der Waals surface area (Å²) >= 11 is 0. The maximum absolute atomic E-state index is 13.0. The van der Waals surface area contributed by atoms with Gasteiger partial charge in [0, 0.05) is 42.8 Å². The molecule has 1 fully saturated rings. The smallest absolute Gasteiger partial charge is 0.306 e. The number of carboxylic acids is 1. The van der Waals surface area contributed by atoms with E-state index in [-0.39, 0.29) is 22.3 Å². The molecule has 200 valence electrons. The highest BCUT2D eigenvalue weighted by atomic mass is 32.2. The van der Waals surface area contributed by atoms with Crippen molar-refractivity contribution in [1.29, 1.82) is 0 Å². The van der Waals surface area contributed by atoms with Crippen LogP contribution < -0.4 is 20.3 Å². The second-order valence-corrected chi connectivity index (χ2v) is 10.5. The monoisotopic (exact) mass is 540 g/mol. The van der Waals surface area contributed by atoms with Gasteiger partial charge in [0.25, 0.3) is 5.91 Å². The molecule has 5 N–H and O–H groups in total. The van der Waals surface area contributed by atoms with Crippen molar-refractivity contribution in [1.82, 2.24) is 20.0 Å². The normalized spacial score (nSPS) is 15.0. The van der Waals surface area contributed by atoms with Gasteiger partial charge < -0.3 is 25.7 Å². The Labute approximate surface area is 219 Å². The number of amides is 1. The third-order valence-corrected chi connectivity index (χ3v) is 7.48. The SMILES string of the molecule is O=C(O)CC(NC(=O)c1cccc(N2CCC(Nc3ncccn3)CC2)c1)NS(=O)(=O)c1ccc(O)cc1. The molecule has 1 aliphatic heterocycles. The molecule has 1 aromatic heterocycles. The Morgan fingerprint density at radius 3 is 2.37 bits per heavy atom. The fraction of sp³-hybridized carbons (Fsp3) is 0.280. The Morgan fingerprint density at radius 1 is 1.03 bits per heavy atom. The lowest BCUT2D eigenvalue weighted by Gasteiger charge is -2.34. The fourth-order valence-electron chi connectivity index (χ4n) is 4.10. The van der Waals surface area contributed by atoms with Gasteiger partial charge in [-0.1, -0.05) is 6.07 Å². The molecule has 1 atom stereocenters. The standard InChI is InChI=1S/C25H28N6O6S/c32-20-5-7-21(8-6-20)38(36,37)30-22(16-23(33)34)29-24(35)17-3-1-4-19(15-17)31-13-9-18(10-14-31)28-25-26-11-2-12-27-25/h1-8,11-12,15,18,22,30,32H,9-10,13-14,16H2,(H,29,35)(H,33,34)(H,26,27,28). The lowest BCUT2D eigenvalue weighted by molar-refractivity contribution is -0.137. The number of nitrogens with zero attached hydrogens (tertiary/aromatic N) is 3. The molecule has 0 saturated carbocycles. The number of aliphatic carboxylic acids is 1. The summed E-state index contributed by atoms with van der Waals surface area (Å²) < 4.78 is 27.6. The molecule has 0 spiro atoms. The summed E-state index contributed by atoms with van der Waals surface area (Å²) in [6, 6.07) is 13.6. The number of anilines is 2. The van der Waals surface area contributed by atoms with Crippen LogP contribution in [0.25, 0.3) is 0 Å². The second-order valence-electron chi connectivity index (χ2n) is 8.77. The number of phenols is 1. The summed E-state index contributed by atoms with van der Waals surface area (Å²) in [5.41, 5.74) is 1.09. The largest absolute Gasteiger partial charge is 0.508 e. The molecule has 13 heteroatoms. The van der Waals surface area contributed by atoms with Gasteiger partial charge >= 0.3 is 5.97 Å². The van der Waals surface area contributed by atoms with Crippen molar-refractivity contribution >= 4 is 33.5 Å². The number of sulfonamides is 1. The highest BCUT2D eigenvalue weighted by Crippen LogP contribution is 2.23. The number of aromatic hydroxyl groups is 1. The number of phenolic OH excluding ortho intramolecular Hbond substituents is 1. The molecule has 1 aliphatic rings. The minimum atomic E-state index is -4.17. The molecular formula is C25H28N6O6S. The number of rotatable bonds is 10. The first-order valence-electron chi connectivity index (χ1n) is 11.9. The van der Waals surface area contributed by atoms with Crippen LogP contribution in [0.1, 0.15) is 29.6 Å². The number of piperidine rings is 1. The van der Waals surface area contributed by atoms with Gasteiger partial charge in [0.05, 0.1) is 11.3 Å². The predicted molar refractivity (Wildman–Crippen MR) is 139 cm³/mol. The number of hydrogen-bond acceptors (Lipinski definition) is 9. The quantitative estimate of drug-likeness (QED) is 0.238. The second kappa shape index (κ2) is 11.9. The number of hydrogen-bond donors (Lipinski definition) is 5. The Bertz CT molecular complexity index is 1360. The minimum Gasteiger partial charge on any atom is -0.508 e. The van der Waals surface area contributed by atoms with Gasteiger partial charge in [-0.25, -0.2) is 18.4 Å². The Balaban J connectivity index is 1.40. The summed E-state index contributed by atoms with van der Waals surface area (Å²) in [4.78, 5) is 34.7. The van der Waals surface area contributed by atoms with Crippen molar-refractivity contribution in [2.75, 3.05) is 23.3 Å².